The Balaban J connectivity index is 1.33. The summed E-state index contributed by atoms with van der Waals surface area (Å²) in [6.07, 6.45) is 4.33. The number of aryl methyl sites for hydroxylation is 3. The van der Waals surface area contributed by atoms with E-state index < -0.39 is 6.10 Å². The highest BCUT2D eigenvalue weighted by molar-refractivity contribution is 5.81. The second-order valence-corrected chi connectivity index (χ2v) is 8.11. The predicted octanol–water partition coefficient (Wildman–Crippen LogP) is 3.63. The average molecular weight is 422 g/mol. The van der Waals surface area contributed by atoms with Crippen molar-refractivity contribution in [3.05, 3.63) is 53.2 Å². The number of aromatic nitrogens is 4. The molecule has 4 rings (SSSR count). The van der Waals surface area contributed by atoms with Crippen molar-refractivity contribution in [2.24, 2.45) is 0 Å². The molecule has 1 aliphatic rings. The third-order valence-electron chi connectivity index (χ3n) is 5.75. The highest BCUT2D eigenvalue weighted by Crippen LogP contribution is 2.28. The fourth-order valence-corrected chi connectivity index (χ4v) is 3.66. The first-order chi connectivity index (χ1) is 14.9. The van der Waals surface area contributed by atoms with Crippen LogP contribution < -0.4 is 4.74 Å². The first-order valence-corrected chi connectivity index (χ1v) is 10.6. The summed E-state index contributed by atoms with van der Waals surface area (Å²) in [5.41, 5.74) is 3.74. The maximum absolute atomic E-state index is 12.9. The maximum atomic E-state index is 12.9. The number of piperidine rings is 1. The van der Waals surface area contributed by atoms with Crippen LogP contribution in [0.4, 0.5) is 0 Å². The number of hydrogen-bond donors (Lipinski definition) is 0. The number of ether oxygens (including phenoxy) is 1. The molecule has 0 unspecified atom stereocenters. The lowest BCUT2D eigenvalue weighted by atomic mass is 9.96. The van der Waals surface area contributed by atoms with E-state index in [2.05, 4.69) is 27.0 Å². The van der Waals surface area contributed by atoms with Crippen LogP contribution >= 0.6 is 0 Å². The van der Waals surface area contributed by atoms with Crippen LogP contribution in [0, 0.1) is 20.8 Å². The van der Waals surface area contributed by atoms with Crippen molar-refractivity contribution in [3.63, 3.8) is 0 Å². The second-order valence-electron chi connectivity index (χ2n) is 8.11. The van der Waals surface area contributed by atoms with Gasteiger partial charge in [-0.2, -0.15) is 4.98 Å². The molecule has 3 heterocycles. The van der Waals surface area contributed by atoms with Crippen molar-refractivity contribution in [2.45, 2.75) is 52.6 Å². The van der Waals surface area contributed by atoms with Crippen molar-refractivity contribution in [1.29, 1.82) is 0 Å². The highest BCUT2D eigenvalue weighted by atomic mass is 16.5. The Morgan fingerprint density at radius 2 is 1.90 bits per heavy atom. The lowest BCUT2D eigenvalue weighted by molar-refractivity contribution is -0.139. The molecule has 0 spiro atoms. The van der Waals surface area contributed by atoms with Crippen molar-refractivity contribution >= 4 is 5.91 Å². The molecule has 8 heteroatoms. The molecular formula is C23H27N5O3. The average Bonchev–Trinajstić information content (AvgIpc) is 3.26. The van der Waals surface area contributed by atoms with Crippen LogP contribution in [-0.2, 0) is 4.79 Å². The van der Waals surface area contributed by atoms with E-state index >= 15 is 0 Å². The van der Waals surface area contributed by atoms with Gasteiger partial charge in [0.05, 0.1) is 11.9 Å². The van der Waals surface area contributed by atoms with Gasteiger partial charge in [-0.3, -0.25) is 9.78 Å². The van der Waals surface area contributed by atoms with Gasteiger partial charge in [-0.05, 0) is 63.8 Å². The van der Waals surface area contributed by atoms with E-state index in [4.69, 9.17) is 9.26 Å². The lowest BCUT2D eigenvalue weighted by Gasteiger charge is -2.32. The summed E-state index contributed by atoms with van der Waals surface area (Å²) < 4.78 is 11.3. The van der Waals surface area contributed by atoms with Gasteiger partial charge in [0.25, 0.3) is 11.8 Å². The molecule has 8 nitrogen and oxygen atoms in total. The first kappa shape index (κ1) is 21.0. The number of hydrogen-bond acceptors (Lipinski definition) is 7. The first-order valence-electron chi connectivity index (χ1n) is 10.6. The van der Waals surface area contributed by atoms with Crippen LogP contribution in [0.1, 0.15) is 48.3 Å². The molecule has 0 aliphatic carbocycles. The molecule has 0 saturated carbocycles. The summed E-state index contributed by atoms with van der Waals surface area (Å²) in [6.45, 7) is 9.04. The number of amides is 1. The lowest BCUT2D eigenvalue weighted by Crippen LogP contribution is -2.44. The van der Waals surface area contributed by atoms with Gasteiger partial charge in [0.2, 0.25) is 0 Å². The molecule has 1 saturated heterocycles. The third kappa shape index (κ3) is 4.73. The Labute approximate surface area is 181 Å². The zero-order valence-electron chi connectivity index (χ0n) is 18.3. The molecule has 1 aliphatic heterocycles. The Morgan fingerprint density at radius 1 is 1.13 bits per heavy atom. The molecule has 2 aromatic heterocycles. The summed E-state index contributed by atoms with van der Waals surface area (Å²) in [5, 5.41) is 4.13. The molecule has 0 radical (unpaired) electrons. The molecular weight excluding hydrogens is 394 g/mol. The van der Waals surface area contributed by atoms with E-state index in [-0.39, 0.29) is 11.8 Å². The maximum Gasteiger partial charge on any atom is 0.278 e. The molecule has 162 valence electrons. The van der Waals surface area contributed by atoms with E-state index in [0.29, 0.717) is 30.5 Å². The molecule has 1 atom stereocenters. The standard InChI is InChI=1S/C23H27N5O3/c1-14-5-6-19(11-15(14)2)30-17(4)23(29)28-9-7-18(8-10-28)21-26-22(31-27-21)20-13-24-16(3)12-25-20/h5-6,11-13,17-18H,7-10H2,1-4H3/t17-/m1/s1. The summed E-state index contributed by atoms with van der Waals surface area (Å²) >= 11 is 0. The van der Waals surface area contributed by atoms with Gasteiger partial charge < -0.3 is 14.2 Å². The Morgan fingerprint density at radius 3 is 2.58 bits per heavy atom. The normalized spacial score (nSPS) is 15.7. The summed E-state index contributed by atoms with van der Waals surface area (Å²) in [5.74, 6) is 1.90. The smallest absolute Gasteiger partial charge is 0.278 e. The van der Waals surface area contributed by atoms with E-state index in [0.717, 1.165) is 29.8 Å². The monoisotopic (exact) mass is 421 g/mol. The molecule has 1 amide bonds. The molecule has 0 N–H and O–H groups in total. The highest BCUT2D eigenvalue weighted by Gasteiger charge is 2.30. The topological polar surface area (TPSA) is 94.2 Å². The van der Waals surface area contributed by atoms with E-state index in [9.17, 15) is 4.79 Å². The third-order valence-corrected chi connectivity index (χ3v) is 5.75. The van der Waals surface area contributed by atoms with Crippen LogP contribution in [0.3, 0.4) is 0 Å². The minimum absolute atomic E-state index is 0.000379. The van der Waals surface area contributed by atoms with Crippen molar-refractivity contribution < 1.29 is 14.1 Å². The molecule has 1 fully saturated rings. The van der Waals surface area contributed by atoms with Gasteiger partial charge in [0.1, 0.15) is 11.4 Å². The minimum atomic E-state index is -0.532. The van der Waals surface area contributed by atoms with E-state index in [1.54, 1.807) is 19.3 Å². The zero-order chi connectivity index (χ0) is 22.0. The van der Waals surface area contributed by atoms with Crippen LogP contribution in [0.2, 0.25) is 0 Å². The molecule has 1 aromatic carbocycles. The van der Waals surface area contributed by atoms with Gasteiger partial charge in [0, 0.05) is 25.2 Å². The minimum Gasteiger partial charge on any atom is -0.481 e. The predicted molar refractivity (Wildman–Crippen MR) is 115 cm³/mol. The fourth-order valence-electron chi connectivity index (χ4n) is 3.66. The number of rotatable bonds is 5. The SMILES string of the molecule is Cc1cnc(-c2nc(C3CCN(C(=O)[C@@H](C)Oc4ccc(C)c(C)c4)CC3)no2)cn1. The zero-order valence-corrected chi connectivity index (χ0v) is 18.3. The Hall–Kier alpha value is -3.29. The molecule has 31 heavy (non-hydrogen) atoms. The Kier molecular flexibility index (Phi) is 5.97. The largest absolute Gasteiger partial charge is 0.481 e. The summed E-state index contributed by atoms with van der Waals surface area (Å²) in [4.78, 5) is 27.7. The van der Waals surface area contributed by atoms with Crippen molar-refractivity contribution in [3.8, 4) is 17.3 Å². The second kappa shape index (κ2) is 8.83. The van der Waals surface area contributed by atoms with Crippen molar-refractivity contribution in [2.75, 3.05) is 13.1 Å². The van der Waals surface area contributed by atoms with Crippen LogP contribution in [0.25, 0.3) is 11.6 Å². The van der Waals surface area contributed by atoms with Gasteiger partial charge in [0.15, 0.2) is 11.9 Å². The summed E-state index contributed by atoms with van der Waals surface area (Å²) in [6, 6.07) is 5.89. The Bertz CT molecular complexity index is 1060. The quantitative estimate of drug-likeness (QED) is 0.621. The molecule has 0 bridgehead atoms. The van der Waals surface area contributed by atoms with E-state index in [1.807, 2.05) is 36.9 Å². The number of likely N-dealkylation sites (tertiary alicyclic amines) is 1. The van der Waals surface area contributed by atoms with Crippen LogP contribution in [0.5, 0.6) is 5.75 Å². The number of nitrogens with zero attached hydrogens (tertiary/aromatic N) is 5. The number of benzene rings is 1. The number of carbonyl (C=O) groups is 1. The van der Waals surface area contributed by atoms with Crippen molar-refractivity contribution in [1.82, 2.24) is 25.0 Å². The van der Waals surface area contributed by atoms with Gasteiger partial charge in [-0.25, -0.2) is 4.98 Å². The fraction of sp³-hybridized carbons (Fsp3) is 0.435. The van der Waals surface area contributed by atoms with Gasteiger partial charge in [-0.1, -0.05) is 11.2 Å². The van der Waals surface area contributed by atoms with Crippen LogP contribution in [0.15, 0.2) is 35.1 Å². The van der Waals surface area contributed by atoms with Gasteiger partial charge in [-0.15, -0.1) is 0 Å². The van der Waals surface area contributed by atoms with Gasteiger partial charge >= 0.3 is 0 Å². The molecule has 3 aromatic rings. The van der Waals surface area contributed by atoms with E-state index in [1.165, 1.54) is 5.56 Å². The number of carbonyl (C=O) groups excluding carboxylic acids is 1. The summed E-state index contributed by atoms with van der Waals surface area (Å²) in [7, 11) is 0. The van der Waals surface area contributed by atoms with Crippen LogP contribution in [-0.4, -0.2) is 50.1 Å².